The average molecular weight is 335 g/mol. The third-order valence-electron chi connectivity index (χ3n) is 4.35. The summed E-state index contributed by atoms with van der Waals surface area (Å²) in [5, 5.41) is 2.86. The predicted octanol–water partition coefficient (Wildman–Crippen LogP) is 2.37. The highest BCUT2D eigenvalue weighted by atomic mass is 19.1. The van der Waals surface area contributed by atoms with Gasteiger partial charge in [0, 0.05) is 32.2 Å². The molecule has 0 bridgehead atoms. The van der Waals surface area contributed by atoms with E-state index >= 15 is 0 Å². The van der Waals surface area contributed by atoms with Crippen molar-refractivity contribution in [3.05, 3.63) is 35.6 Å². The number of amides is 3. The molecular formula is C18H26FN3O2. The van der Waals surface area contributed by atoms with Crippen molar-refractivity contribution in [2.75, 3.05) is 26.2 Å². The van der Waals surface area contributed by atoms with E-state index in [9.17, 15) is 14.0 Å². The number of hydrogen-bond acceptors (Lipinski definition) is 2. The summed E-state index contributed by atoms with van der Waals surface area (Å²) in [6.45, 7) is 9.43. The van der Waals surface area contributed by atoms with E-state index in [1.54, 1.807) is 21.9 Å². The normalized spacial score (nSPS) is 15.6. The van der Waals surface area contributed by atoms with Crippen LogP contribution in [0.15, 0.2) is 24.3 Å². The maximum atomic E-state index is 13.5. The molecule has 1 aliphatic rings. The van der Waals surface area contributed by atoms with E-state index in [4.69, 9.17) is 0 Å². The van der Waals surface area contributed by atoms with Crippen LogP contribution in [0.3, 0.4) is 0 Å². The first-order chi connectivity index (χ1) is 11.2. The fraction of sp³-hybridized carbons (Fsp3) is 0.556. The number of nitrogens with zero attached hydrogens (tertiary/aromatic N) is 2. The van der Waals surface area contributed by atoms with Gasteiger partial charge in [-0.3, -0.25) is 4.79 Å². The molecule has 0 unspecified atom stereocenters. The summed E-state index contributed by atoms with van der Waals surface area (Å²) in [5.41, 5.74) is -0.141. The lowest BCUT2D eigenvalue weighted by Crippen LogP contribution is -2.56. The average Bonchev–Trinajstić information content (AvgIpc) is 2.53. The van der Waals surface area contributed by atoms with Crippen molar-refractivity contribution >= 4 is 11.9 Å². The lowest BCUT2D eigenvalue weighted by molar-refractivity contribution is -0.137. The third kappa shape index (κ3) is 4.04. The van der Waals surface area contributed by atoms with Crippen molar-refractivity contribution in [1.82, 2.24) is 15.1 Å². The predicted molar refractivity (Wildman–Crippen MR) is 91.2 cm³/mol. The summed E-state index contributed by atoms with van der Waals surface area (Å²) < 4.78 is 13.5. The van der Waals surface area contributed by atoms with Gasteiger partial charge in [0.25, 0.3) is 0 Å². The second-order valence-corrected chi connectivity index (χ2v) is 7.02. The van der Waals surface area contributed by atoms with E-state index < -0.39 is 5.41 Å². The first-order valence-corrected chi connectivity index (χ1v) is 8.32. The Morgan fingerprint density at radius 1 is 1.12 bits per heavy atom. The Morgan fingerprint density at radius 2 is 1.71 bits per heavy atom. The quantitative estimate of drug-likeness (QED) is 0.922. The van der Waals surface area contributed by atoms with Gasteiger partial charge in [-0.2, -0.15) is 0 Å². The van der Waals surface area contributed by atoms with Crippen LogP contribution in [0.1, 0.15) is 33.3 Å². The minimum Gasteiger partial charge on any atom is -0.338 e. The van der Waals surface area contributed by atoms with Gasteiger partial charge in [-0.05, 0) is 45.4 Å². The Bertz CT molecular complexity index is 608. The molecule has 0 spiro atoms. The van der Waals surface area contributed by atoms with Crippen molar-refractivity contribution in [2.45, 2.75) is 39.2 Å². The number of hydrogen-bond donors (Lipinski definition) is 1. The minimum atomic E-state index is -0.801. The molecule has 1 aromatic carbocycles. The summed E-state index contributed by atoms with van der Waals surface area (Å²) in [6, 6.07) is 6.16. The zero-order chi connectivity index (χ0) is 17.9. The highest BCUT2D eigenvalue weighted by Crippen LogP contribution is 2.27. The first kappa shape index (κ1) is 18.2. The molecule has 2 rings (SSSR count). The van der Waals surface area contributed by atoms with E-state index in [2.05, 4.69) is 5.32 Å². The highest BCUT2D eigenvalue weighted by molar-refractivity contribution is 5.87. The van der Waals surface area contributed by atoms with Crippen LogP contribution in [-0.4, -0.2) is 54.0 Å². The molecule has 24 heavy (non-hydrogen) atoms. The third-order valence-corrected chi connectivity index (χ3v) is 4.35. The Labute approximate surface area is 142 Å². The monoisotopic (exact) mass is 335 g/mol. The van der Waals surface area contributed by atoms with Crippen LogP contribution >= 0.6 is 0 Å². The number of rotatable bonds is 3. The van der Waals surface area contributed by atoms with Crippen molar-refractivity contribution < 1.29 is 14.0 Å². The molecule has 1 aromatic rings. The number of nitrogens with one attached hydrogen (secondary N) is 1. The van der Waals surface area contributed by atoms with Crippen molar-refractivity contribution in [1.29, 1.82) is 0 Å². The van der Waals surface area contributed by atoms with Crippen LogP contribution in [0.2, 0.25) is 0 Å². The van der Waals surface area contributed by atoms with Crippen LogP contribution in [0.25, 0.3) is 0 Å². The molecule has 0 aliphatic carbocycles. The smallest absolute Gasteiger partial charge is 0.317 e. The van der Waals surface area contributed by atoms with Gasteiger partial charge >= 0.3 is 6.03 Å². The van der Waals surface area contributed by atoms with E-state index in [0.29, 0.717) is 31.7 Å². The SMILES string of the molecule is CC(C)NC(=O)N1CCN(C(=O)C(C)(C)c2cccc(F)c2)CC1. The topological polar surface area (TPSA) is 52.7 Å². The highest BCUT2D eigenvalue weighted by Gasteiger charge is 2.35. The second-order valence-electron chi connectivity index (χ2n) is 7.02. The molecule has 3 amide bonds. The van der Waals surface area contributed by atoms with Crippen LogP contribution in [0.4, 0.5) is 9.18 Å². The number of piperazine rings is 1. The number of carbonyl (C=O) groups is 2. The fourth-order valence-electron chi connectivity index (χ4n) is 2.85. The lowest BCUT2D eigenvalue weighted by atomic mass is 9.83. The number of benzene rings is 1. The summed E-state index contributed by atoms with van der Waals surface area (Å²) in [5.74, 6) is -0.388. The molecular weight excluding hydrogens is 309 g/mol. The first-order valence-electron chi connectivity index (χ1n) is 8.32. The maximum Gasteiger partial charge on any atom is 0.317 e. The summed E-state index contributed by atoms with van der Waals surface area (Å²) >= 11 is 0. The van der Waals surface area contributed by atoms with Gasteiger partial charge in [0.15, 0.2) is 0 Å². The van der Waals surface area contributed by atoms with Gasteiger partial charge in [0.05, 0.1) is 5.41 Å². The molecule has 1 saturated heterocycles. The zero-order valence-electron chi connectivity index (χ0n) is 14.8. The van der Waals surface area contributed by atoms with Gasteiger partial charge in [-0.15, -0.1) is 0 Å². The molecule has 0 aromatic heterocycles. The van der Waals surface area contributed by atoms with Crippen LogP contribution in [0, 0.1) is 5.82 Å². The number of halogens is 1. The molecule has 0 saturated carbocycles. The van der Waals surface area contributed by atoms with E-state index in [-0.39, 0.29) is 23.8 Å². The molecule has 1 N–H and O–H groups in total. The number of carbonyl (C=O) groups excluding carboxylic acids is 2. The Balaban J connectivity index is 2.00. The molecule has 1 heterocycles. The van der Waals surface area contributed by atoms with Gasteiger partial charge in [0.1, 0.15) is 5.82 Å². The van der Waals surface area contributed by atoms with Gasteiger partial charge in [0.2, 0.25) is 5.91 Å². The second kappa shape index (κ2) is 7.20. The fourth-order valence-corrected chi connectivity index (χ4v) is 2.85. The molecule has 1 fully saturated rings. The van der Waals surface area contributed by atoms with Crippen molar-refractivity contribution in [3.8, 4) is 0 Å². The number of urea groups is 1. The van der Waals surface area contributed by atoms with E-state index in [1.165, 1.54) is 12.1 Å². The van der Waals surface area contributed by atoms with Crippen LogP contribution in [-0.2, 0) is 10.2 Å². The van der Waals surface area contributed by atoms with Crippen molar-refractivity contribution in [3.63, 3.8) is 0 Å². The zero-order valence-corrected chi connectivity index (χ0v) is 14.8. The summed E-state index contributed by atoms with van der Waals surface area (Å²) in [6.07, 6.45) is 0. The summed E-state index contributed by atoms with van der Waals surface area (Å²) in [4.78, 5) is 28.4. The molecule has 5 nitrogen and oxygen atoms in total. The Kier molecular flexibility index (Phi) is 5.47. The maximum absolute atomic E-state index is 13.5. The summed E-state index contributed by atoms with van der Waals surface area (Å²) in [7, 11) is 0. The Hall–Kier alpha value is -2.11. The van der Waals surface area contributed by atoms with E-state index in [1.807, 2.05) is 27.7 Å². The van der Waals surface area contributed by atoms with Gasteiger partial charge in [-0.1, -0.05) is 12.1 Å². The lowest BCUT2D eigenvalue weighted by Gasteiger charge is -2.39. The van der Waals surface area contributed by atoms with Crippen LogP contribution < -0.4 is 5.32 Å². The standard InChI is InChI=1S/C18H26FN3O2/c1-13(2)20-17(24)22-10-8-21(9-11-22)16(23)18(3,4)14-6-5-7-15(19)12-14/h5-7,12-13H,8-11H2,1-4H3,(H,20,24). The molecule has 6 heteroatoms. The Morgan fingerprint density at radius 3 is 2.25 bits per heavy atom. The molecule has 0 atom stereocenters. The largest absolute Gasteiger partial charge is 0.338 e. The minimum absolute atomic E-state index is 0.0444. The van der Waals surface area contributed by atoms with Crippen LogP contribution in [0.5, 0.6) is 0 Å². The van der Waals surface area contributed by atoms with Crippen molar-refractivity contribution in [2.24, 2.45) is 0 Å². The molecule has 132 valence electrons. The molecule has 0 radical (unpaired) electrons. The van der Waals surface area contributed by atoms with Gasteiger partial charge < -0.3 is 15.1 Å². The van der Waals surface area contributed by atoms with E-state index in [0.717, 1.165) is 0 Å². The van der Waals surface area contributed by atoms with Gasteiger partial charge in [-0.25, -0.2) is 9.18 Å². The molecule has 1 aliphatic heterocycles.